The predicted molar refractivity (Wildman–Crippen MR) is 135 cm³/mol. The average Bonchev–Trinajstić information content (AvgIpc) is 2.71. The first-order chi connectivity index (χ1) is 16.8. The number of alkyl halides is 3. The van der Waals surface area contributed by atoms with Crippen LogP contribution in [-0.4, -0.2) is 42.0 Å². The van der Waals surface area contributed by atoms with Gasteiger partial charge in [-0.2, -0.15) is 18.1 Å². The van der Waals surface area contributed by atoms with Crippen molar-refractivity contribution < 1.29 is 41.8 Å². The molecule has 0 N–H and O–H groups in total. The van der Waals surface area contributed by atoms with E-state index in [-0.39, 0.29) is 17.1 Å². The predicted octanol–water partition coefficient (Wildman–Crippen LogP) is 7.56. The number of ether oxygens (including phenoxy) is 3. The molecule has 1 unspecified atom stereocenters. The molecule has 2 amide bonds. The van der Waals surface area contributed by atoms with Gasteiger partial charge in [-0.15, -0.1) is 0 Å². The smallest absolute Gasteiger partial charge is 0.424 e. The van der Waals surface area contributed by atoms with E-state index < -0.39 is 41.0 Å². The van der Waals surface area contributed by atoms with Crippen molar-refractivity contribution in [3.8, 4) is 0 Å². The first-order valence-electron chi connectivity index (χ1n) is 12.1. The van der Waals surface area contributed by atoms with Crippen LogP contribution in [0.3, 0.4) is 0 Å². The fourth-order valence-corrected chi connectivity index (χ4v) is 3.17. The SMILES string of the molecule is CCCCCC(C)c1nc(C)c(N(C(=O)OC(C)(C)C)C(=O)OC(C)(C)C)cc1C(F)(F)F.COC=O. The second kappa shape index (κ2) is 14.2. The van der Waals surface area contributed by atoms with E-state index >= 15 is 0 Å². The van der Waals surface area contributed by atoms with Gasteiger partial charge in [-0.3, -0.25) is 9.78 Å². The Morgan fingerprint density at radius 3 is 1.84 bits per heavy atom. The molecule has 8 nitrogen and oxygen atoms in total. The van der Waals surface area contributed by atoms with Gasteiger partial charge in [0.2, 0.25) is 0 Å². The first kappa shape index (κ1) is 34.1. The molecule has 1 aromatic rings. The maximum Gasteiger partial charge on any atom is 0.424 e. The monoisotopic (exact) mass is 534 g/mol. The number of amides is 2. The lowest BCUT2D eigenvalue weighted by molar-refractivity contribution is -0.138. The third-order valence-corrected chi connectivity index (χ3v) is 4.72. The van der Waals surface area contributed by atoms with Gasteiger partial charge in [0.15, 0.2) is 0 Å². The molecule has 11 heteroatoms. The third-order valence-electron chi connectivity index (χ3n) is 4.72. The summed E-state index contributed by atoms with van der Waals surface area (Å²) in [6.45, 7) is 15.1. The lowest BCUT2D eigenvalue weighted by atomic mass is 9.94. The number of imide groups is 1. The number of carbonyl (C=O) groups is 3. The Labute approximate surface area is 217 Å². The third kappa shape index (κ3) is 12.3. The Bertz CT molecular complexity index is 877. The molecule has 0 radical (unpaired) electrons. The second-order valence-electron chi connectivity index (χ2n) is 10.5. The van der Waals surface area contributed by atoms with Crippen LogP contribution in [0.1, 0.15) is 104 Å². The molecule has 0 fully saturated rings. The second-order valence-corrected chi connectivity index (χ2v) is 10.5. The van der Waals surface area contributed by atoms with Gasteiger partial charge in [0, 0.05) is 0 Å². The van der Waals surface area contributed by atoms with Crippen molar-refractivity contribution >= 4 is 24.3 Å². The molecule has 0 saturated carbocycles. The number of aryl methyl sites for hydroxylation is 1. The van der Waals surface area contributed by atoms with Crippen molar-refractivity contribution in [2.24, 2.45) is 0 Å². The van der Waals surface area contributed by atoms with Gasteiger partial charge in [-0.1, -0.05) is 33.1 Å². The molecule has 37 heavy (non-hydrogen) atoms. The van der Waals surface area contributed by atoms with E-state index in [9.17, 15) is 22.8 Å². The quantitative estimate of drug-likeness (QED) is 0.202. The highest BCUT2D eigenvalue weighted by atomic mass is 19.4. The summed E-state index contributed by atoms with van der Waals surface area (Å²) in [7, 11) is 1.31. The Balaban J connectivity index is 0.00000300. The normalized spacial score (nSPS) is 12.6. The number of pyridine rings is 1. The molecule has 0 bridgehead atoms. The van der Waals surface area contributed by atoms with E-state index in [1.165, 1.54) is 14.0 Å². The molecule has 1 aromatic heterocycles. The van der Waals surface area contributed by atoms with Gasteiger partial charge in [0.25, 0.3) is 6.47 Å². The standard InChI is InChI=1S/C24H37F3N2O4.C2H4O2/c1-10-11-12-13-15(2)19-17(24(25,26)27)14-18(16(3)28-19)29(20(30)32-22(4,5)6)21(31)33-23(7,8)9;1-4-2-3/h14-15H,10-13H2,1-9H3;2H,1H3. The van der Waals surface area contributed by atoms with Gasteiger partial charge in [0.05, 0.1) is 29.7 Å². The molecule has 212 valence electrons. The number of methoxy groups -OCH3 is 1. The number of carbonyl (C=O) groups excluding carboxylic acids is 3. The number of rotatable bonds is 7. The highest BCUT2D eigenvalue weighted by Gasteiger charge is 2.40. The van der Waals surface area contributed by atoms with Crippen molar-refractivity contribution in [2.45, 2.75) is 111 Å². The van der Waals surface area contributed by atoms with E-state index in [2.05, 4.69) is 9.72 Å². The summed E-state index contributed by atoms with van der Waals surface area (Å²) in [6, 6.07) is 0.793. The van der Waals surface area contributed by atoms with Crippen LogP contribution in [0.2, 0.25) is 0 Å². The summed E-state index contributed by atoms with van der Waals surface area (Å²) in [5.41, 5.74) is -3.29. The van der Waals surface area contributed by atoms with Crippen molar-refractivity contribution in [1.82, 2.24) is 4.98 Å². The van der Waals surface area contributed by atoms with Crippen LogP contribution in [0.25, 0.3) is 0 Å². The molecule has 0 saturated heterocycles. The molecule has 1 atom stereocenters. The minimum Gasteiger partial charge on any atom is -0.471 e. The summed E-state index contributed by atoms with van der Waals surface area (Å²) in [5, 5.41) is 0. The van der Waals surface area contributed by atoms with Crippen LogP contribution < -0.4 is 4.90 Å². The average molecular weight is 535 g/mol. The number of hydrogen-bond donors (Lipinski definition) is 0. The van der Waals surface area contributed by atoms with Crippen molar-refractivity contribution in [3.63, 3.8) is 0 Å². The molecule has 1 rings (SSSR count). The maximum atomic E-state index is 14.0. The van der Waals surface area contributed by atoms with Gasteiger partial charge in [0.1, 0.15) is 11.2 Å². The van der Waals surface area contributed by atoms with Gasteiger partial charge in [-0.05, 0) is 66.9 Å². The van der Waals surface area contributed by atoms with Gasteiger partial charge in [-0.25, -0.2) is 9.59 Å². The van der Waals surface area contributed by atoms with Gasteiger partial charge >= 0.3 is 18.4 Å². The number of anilines is 1. The number of aromatic nitrogens is 1. The Hall–Kier alpha value is -2.85. The molecule has 0 aliphatic rings. The minimum absolute atomic E-state index is 0.0945. The number of hydrogen-bond acceptors (Lipinski definition) is 7. The summed E-state index contributed by atoms with van der Waals surface area (Å²) >= 11 is 0. The number of nitrogens with zero attached hydrogens (tertiary/aromatic N) is 2. The van der Waals surface area contributed by atoms with E-state index in [0.717, 1.165) is 25.3 Å². The Morgan fingerprint density at radius 1 is 1.03 bits per heavy atom. The molecule has 0 aliphatic carbocycles. The summed E-state index contributed by atoms with van der Waals surface area (Å²) in [4.78, 5) is 39.4. The van der Waals surface area contributed by atoms with Crippen molar-refractivity contribution in [2.75, 3.05) is 12.0 Å². The van der Waals surface area contributed by atoms with Crippen LogP contribution in [0, 0.1) is 6.92 Å². The molecular formula is C26H41F3N2O6. The zero-order chi connectivity index (χ0) is 29.2. The fourth-order valence-electron chi connectivity index (χ4n) is 3.17. The zero-order valence-electron chi connectivity index (χ0n) is 23.5. The first-order valence-corrected chi connectivity index (χ1v) is 12.1. The largest absolute Gasteiger partial charge is 0.471 e. The molecule has 0 aromatic carbocycles. The highest BCUT2D eigenvalue weighted by molar-refractivity contribution is 6.10. The molecule has 0 spiro atoms. The van der Waals surface area contributed by atoms with Crippen LogP contribution in [0.5, 0.6) is 0 Å². The van der Waals surface area contributed by atoms with E-state index in [1.807, 2.05) is 6.92 Å². The van der Waals surface area contributed by atoms with Gasteiger partial charge < -0.3 is 14.2 Å². The Kier molecular flexibility index (Phi) is 13.1. The fraction of sp³-hybridized carbons (Fsp3) is 0.692. The molecular weight excluding hydrogens is 493 g/mol. The lowest BCUT2D eigenvalue weighted by Gasteiger charge is -2.30. The summed E-state index contributed by atoms with van der Waals surface area (Å²) < 4.78 is 56.5. The van der Waals surface area contributed by atoms with Crippen LogP contribution >= 0.6 is 0 Å². The van der Waals surface area contributed by atoms with Crippen LogP contribution in [-0.2, 0) is 25.2 Å². The highest BCUT2D eigenvalue weighted by Crippen LogP contribution is 2.39. The van der Waals surface area contributed by atoms with Crippen molar-refractivity contribution in [1.29, 1.82) is 0 Å². The minimum atomic E-state index is -4.72. The van der Waals surface area contributed by atoms with Crippen LogP contribution in [0.4, 0.5) is 28.4 Å². The zero-order valence-corrected chi connectivity index (χ0v) is 23.5. The van der Waals surface area contributed by atoms with E-state index in [4.69, 9.17) is 14.3 Å². The molecule has 0 aliphatic heterocycles. The number of halogens is 3. The number of unbranched alkanes of at least 4 members (excludes halogenated alkanes) is 2. The van der Waals surface area contributed by atoms with E-state index in [1.54, 1.807) is 48.5 Å². The Morgan fingerprint density at radius 2 is 1.49 bits per heavy atom. The molecule has 1 heterocycles. The summed E-state index contributed by atoms with van der Waals surface area (Å²) in [5.74, 6) is -0.447. The van der Waals surface area contributed by atoms with Crippen molar-refractivity contribution in [3.05, 3.63) is 23.0 Å². The van der Waals surface area contributed by atoms with E-state index in [0.29, 0.717) is 17.8 Å². The maximum absolute atomic E-state index is 14.0. The lowest BCUT2D eigenvalue weighted by Crippen LogP contribution is -2.44. The summed E-state index contributed by atoms with van der Waals surface area (Å²) in [6.07, 6.45) is -3.82. The van der Waals surface area contributed by atoms with Crippen LogP contribution in [0.15, 0.2) is 6.07 Å². The topological polar surface area (TPSA) is 95.0 Å².